The fourth-order valence-corrected chi connectivity index (χ4v) is 8.22. The number of amides is 1. The molecule has 3 aliphatic carbocycles. The van der Waals surface area contributed by atoms with Crippen molar-refractivity contribution >= 4 is 30.4 Å². The zero-order chi connectivity index (χ0) is 32.4. The van der Waals surface area contributed by atoms with E-state index in [4.69, 9.17) is 18.0 Å². The SMILES string of the molecule is [B]=C1C(C(N)=O)=C(O)[C@@H](N(C)C)[C@@H]2C[C@@H]3Cc4c(OC)c(CN5CCC(c6ccccc6)CC5)cc(O)c4C(O)=C3C(=O)[C@]12O. The van der Waals surface area contributed by atoms with E-state index in [9.17, 15) is 30.0 Å². The van der Waals surface area contributed by atoms with Gasteiger partial charge in [0.15, 0.2) is 0 Å². The normalized spacial score (nSPS) is 27.3. The van der Waals surface area contributed by atoms with Crippen LogP contribution in [0.3, 0.4) is 0 Å². The van der Waals surface area contributed by atoms with Gasteiger partial charge in [-0.2, -0.15) is 0 Å². The fourth-order valence-electron chi connectivity index (χ4n) is 8.22. The monoisotopic (exact) mass is 612 g/mol. The first kappa shape index (κ1) is 31.1. The third-order valence-corrected chi connectivity index (χ3v) is 10.3. The molecule has 11 heteroatoms. The van der Waals surface area contributed by atoms with Crippen molar-refractivity contribution in [2.24, 2.45) is 17.6 Å². The number of aliphatic hydroxyl groups excluding tert-OH is 2. The number of carbonyl (C=O) groups is 2. The number of piperidine rings is 1. The van der Waals surface area contributed by atoms with Crippen LogP contribution in [0.4, 0.5) is 0 Å². The first-order valence-electron chi connectivity index (χ1n) is 15.3. The first-order valence-corrected chi connectivity index (χ1v) is 15.3. The number of benzene rings is 2. The molecule has 0 unspecified atom stereocenters. The summed E-state index contributed by atoms with van der Waals surface area (Å²) in [6.45, 7) is 2.29. The molecule has 0 spiro atoms. The molecule has 2 aromatic rings. The average Bonchev–Trinajstić information content (AvgIpc) is 2.99. The number of nitrogens with zero attached hydrogens (tertiary/aromatic N) is 2. The van der Waals surface area contributed by atoms with E-state index in [0.717, 1.165) is 31.5 Å². The Morgan fingerprint density at radius 3 is 2.40 bits per heavy atom. The van der Waals surface area contributed by atoms with Crippen LogP contribution in [-0.2, 0) is 22.6 Å². The van der Waals surface area contributed by atoms with Gasteiger partial charge in [0.05, 0.1) is 0 Å². The Hall–Kier alpha value is -3.93. The number of Topliss-reactive ketones (excluding diaryl/α,β-unsaturated/α-hetero) is 1. The maximum atomic E-state index is 14.2. The number of ether oxygens (including phenoxy) is 1. The van der Waals surface area contributed by atoms with Gasteiger partial charge < -0.3 is 0 Å². The minimum absolute atomic E-state index is 0.0760. The predicted molar refractivity (Wildman–Crippen MR) is 170 cm³/mol. The number of primary amides is 1. The molecule has 4 atom stereocenters. The second-order valence-corrected chi connectivity index (χ2v) is 13.0. The second-order valence-electron chi connectivity index (χ2n) is 13.0. The van der Waals surface area contributed by atoms with Crippen LogP contribution >= 0.6 is 0 Å². The molecule has 0 aromatic heterocycles. The number of aliphatic hydroxyl groups is 3. The van der Waals surface area contributed by atoms with Crippen LogP contribution in [0.1, 0.15) is 47.4 Å². The van der Waals surface area contributed by atoms with E-state index in [2.05, 4.69) is 29.2 Å². The standard InChI is InChI=1S/C34H39BN3O7/c1-37(2)27-22-14-19-13-21-25(28(40)24(19)32(42)34(22,44)31(35)26(29(27)41)33(36)43)23(39)15-20(30(21)45-3)16-38-11-9-18(10-12-38)17-7-5-4-6-8-17/h4-8,15,18-19,22,27,39-41,44H,9-14,16H2,1-3H3,(H2,36,43)/t19-,22-,27-,34+/m0/s1. The molecule has 1 aliphatic heterocycles. The van der Waals surface area contributed by atoms with Gasteiger partial charge in [0.25, 0.3) is 0 Å². The topological polar surface area (TPSA) is 157 Å². The molecule has 4 aliphatic rings. The van der Waals surface area contributed by atoms with Gasteiger partial charge >= 0.3 is 209 Å². The van der Waals surface area contributed by atoms with E-state index in [-0.39, 0.29) is 29.7 Å². The van der Waals surface area contributed by atoms with Crippen molar-refractivity contribution in [1.82, 2.24) is 9.80 Å². The number of hydrogen-bond donors (Lipinski definition) is 5. The Kier molecular flexibility index (Phi) is 7.91. The van der Waals surface area contributed by atoms with E-state index in [1.54, 1.807) is 32.2 Å². The summed E-state index contributed by atoms with van der Waals surface area (Å²) in [4.78, 5) is 30.4. The van der Waals surface area contributed by atoms with E-state index in [1.807, 2.05) is 6.07 Å². The molecule has 235 valence electrons. The van der Waals surface area contributed by atoms with Crippen molar-refractivity contribution in [2.75, 3.05) is 34.3 Å². The van der Waals surface area contributed by atoms with Crippen molar-refractivity contribution in [1.29, 1.82) is 0 Å². The zero-order valence-corrected chi connectivity index (χ0v) is 25.8. The summed E-state index contributed by atoms with van der Waals surface area (Å²) in [5.41, 5.74) is 4.74. The Morgan fingerprint density at radius 1 is 1.13 bits per heavy atom. The van der Waals surface area contributed by atoms with Gasteiger partial charge in [0.1, 0.15) is 0 Å². The molecule has 1 radical (unpaired) electrons. The maximum absolute atomic E-state index is 14.2. The molecule has 1 amide bonds. The van der Waals surface area contributed by atoms with Crippen LogP contribution in [0.2, 0.25) is 0 Å². The zero-order valence-electron chi connectivity index (χ0n) is 25.8. The number of hydrogen-bond acceptors (Lipinski definition) is 9. The van der Waals surface area contributed by atoms with Crippen LogP contribution < -0.4 is 10.5 Å². The number of aromatic hydroxyl groups is 1. The number of rotatable bonds is 6. The van der Waals surface area contributed by atoms with E-state index in [0.29, 0.717) is 23.8 Å². The fraction of sp³-hybridized carbons (Fsp3) is 0.441. The van der Waals surface area contributed by atoms with Crippen molar-refractivity contribution < 1.29 is 34.8 Å². The van der Waals surface area contributed by atoms with Crippen LogP contribution in [-0.4, -0.2) is 101 Å². The van der Waals surface area contributed by atoms with Gasteiger partial charge in [-0.25, -0.2) is 0 Å². The molecular formula is C34H39BN3O7. The number of carbonyl (C=O) groups excluding carboxylic acids is 2. The molecular weight excluding hydrogens is 573 g/mol. The van der Waals surface area contributed by atoms with Crippen LogP contribution in [0, 0.1) is 11.8 Å². The Balaban J connectivity index is 1.35. The van der Waals surface area contributed by atoms with Gasteiger partial charge in [-0.3, -0.25) is 0 Å². The summed E-state index contributed by atoms with van der Waals surface area (Å²) in [5, 5.41) is 45.9. The summed E-state index contributed by atoms with van der Waals surface area (Å²) >= 11 is 0. The number of nitrogens with two attached hydrogens (primary N) is 1. The van der Waals surface area contributed by atoms with Gasteiger partial charge in [0.2, 0.25) is 0 Å². The first-order chi connectivity index (χ1) is 21.4. The molecule has 2 fully saturated rings. The van der Waals surface area contributed by atoms with Crippen LogP contribution in [0.5, 0.6) is 11.5 Å². The Bertz CT molecular complexity index is 1640. The molecule has 10 nitrogen and oxygen atoms in total. The molecule has 45 heavy (non-hydrogen) atoms. The number of ketones is 1. The second kappa shape index (κ2) is 11.5. The third-order valence-electron chi connectivity index (χ3n) is 10.3. The van der Waals surface area contributed by atoms with Crippen molar-refractivity contribution in [2.45, 2.75) is 49.8 Å². The van der Waals surface area contributed by atoms with E-state index in [1.165, 1.54) is 5.56 Å². The van der Waals surface area contributed by atoms with Gasteiger partial charge in [-0.05, 0) is 24.3 Å². The van der Waals surface area contributed by atoms with Gasteiger partial charge in [-0.1, -0.05) is 30.3 Å². The number of likely N-dealkylation sites (N-methyl/N-ethyl adjacent to an activating group) is 1. The summed E-state index contributed by atoms with van der Waals surface area (Å²) in [6, 6.07) is 11.1. The third kappa shape index (κ3) is 4.79. The van der Waals surface area contributed by atoms with Gasteiger partial charge in [-0.15, -0.1) is 0 Å². The van der Waals surface area contributed by atoms with Crippen molar-refractivity contribution in [3.63, 3.8) is 0 Å². The number of phenols is 1. The van der Waals surface area contributed by atoms with Crippen molar-refractivity contribution in [3.8, 4) is 11.5 Å². The number of methoxy groups -OCH3 is 1. The van der Waals surface area contributed by atoms with Crippen LogP contribution in [0.25, 0.3) is 5.76 Å². The van der Waals surface area contributed by atoms with Crippen molar-refractivity contribution in [3.05, 3.63) is 75.6 Å². The summed E-state index contributed by atoms with van der Waals surface area (Å²) < 4.78 is 5.91. The summed E-state index contributed by atoms with van der Waals surface area (Å²) in [7, 11) is 11.1. The molecule has 6 N–H and O–H groups in total. The number of likely N-dealkylation sites (tertiary alicyclic amines) is 1. The summed E-state index contributed by atoms with van der Waals surface area (Å²) in [5.74, 6) is -3.53. The minimum atomic E-state index is -2.41. The average molecular weight is 613 g/mol. The molecule has 1 saturated heterocycles. The Morgan fingerprint density at radius 2 is 1.80 bits per heavy atom. The Labute approximate surface area is 263 Å². The van der Waals surface area contributed by atoms with E-state index >= 15 is 0 Å². The quantitative estimate of drug-likeness (QED) is 0.309. The predicted octanol–water partition coefficient (Wildman–Crippen LogP) is 2.12. The summed E-state index contributed by atoms with van der Waals surface area (Å²) in [6.07, 6.45) is 2.40. The van der Waals surface area contributed by atoms with E-state index < -0.39 is 57.7 Å². The molecule has 1 heterocycles. The molecule has 6 rings (SSSR count). The molecule has 1 saturated carbocycles. The number of fused-ring (bicyclic) bond motifs is 3. The number of phenolic OH excluding ortho intramolecular Hbond substituents is 1. The van der Waals surface area contributed by atoms with Gasteiger partial charge in [0, 0.05) is 0 Å². The molecule has 0 bridgehead atoms. The molecule has 2 aromatic carbocycles. The van der Waals surface area contributed by atoms with Crippen LogP contribution in [0.15, 0.2) is 53.3 Å².